The van der Waals surface area contributed by atoms with Crippen LogP contribution in [0.4, 0.5) is 0 Å². The minimum atomic E-state index is -0.345. The first-order chi connectivity index (χ1) is 11.1. The fourth-order valence-corrected chi connectivity index (χ4v) is 1.75. The van der Waals surface area contributed by atoms with Crippen molar-refractivity contribution in [3.05, 3.63) is 60.2 Å². The van der Waals surface area contributed by atoms with Gasteiger partial charge in [-0.3, -0.25) is 19.6 Å². The van der Waals surface area contributed by atoms with Crippen LogP contribution in [0.25, 0.3) is 0 Å². The number of hydrogen-bond donors (Lipinski definition) is 2. The van der Waals surface area contributed by atoms with Gasteiger partial charge in [-0.2, -0.15) is 5.10 Å². The van der Waals surface area contributed by atoms with Crippen molar-refractivity contribution in [1.82, 2.24) is 20.7 Å². The lowest BCUT2D eigenvalue weighted by molar-refractivity contribution is -0.120. The molecule has 7 nitrogen and oxygen atoms in total. The quantitative estimate of drug-likeness (QED) is 0.620. The fraction of sp³-hybridized carbons (Fsp3) is 0.188. The van der Waals surface area contributed by atoms with Gasteiger partial charge in [0.25, 0.3) is 5.91 Å². The molecule has 0 aliphatic heterocycles. The van der Waals surface area contributed by atoms with Gasteiger partial charge in [0.2, 0.25) is 5.91 Å². The number of nitrogens with one attached hydrogen (secondary N) is 2. The Kier molecular flexibility index (Phi) is 5.93. The molecular formula is C16H17N5O2. The van der Waals surface area contributed by atoms with Gasteiger partial charge >= 0.3 is 0 Å². The molecule has 0 unspecified atom stereocenters. The first-order valence-electron chi connectivity index (χ1n) is 7.04. The third kappa shape index (κ3) is 5.66. The predicted octanol–water partition coefficient (Wildman–Crippen LogP) is 1.29. The van der Waals surface area contributed by atoms with Crippen LogP contribution in [0.2, 0.25) is 0 Å². The van der Waals surface area contributed by atoms with Crippen LogP contribution in [0.5, 0.6) is 0 Å². The van der Waals surface area contributed by atoms with Gasteiger partial charge in [-0.1, -0.05) is 6.07 Å². The summed E-state index contributed by atoms with van der Waals surface area (Å²) in [4.78, 5) is 31.4. The Bertz CT molecular complexity index is 686. The Morgan fingerprint density at radius 3 is 2.61 bits per heavy atom. The van der Waals surface area contributed by atoms with Gasteiger partial charge in [0, 0.05) is 42.6 Å². The fourth-order valence-electron chi connectivity index (χ4n) is 1.75. The van der Waals surface area contributed by atoms with Crippen LogP contribution in [0, 0.1) is 0 Å². The molecule has 0 aromatic carbocycles. The molecule has 2 aromatic rings. The van der Waals surface area contributed by atoms with Gasteiger partial charge in [0.05, 0.1) is 6.42 Å². The minimum absolute atomic E-state index is 0.108. The van der Waals surface area contributed by atoms with Crippen molar-refractivity contribution in [2.45, 2.75) is 19.9 Å². The zero-order valence-corrected chi connectivity index (χ0v) is 12.7. The van der Waals surface area contributed by atoms with Crippen LogP contribution >= 0.6 is 0 Å². The lowest BCUT2D eigenvalue weighted by Gasteiger charge is -2.05. The van der Waals surface area contributed by atoms with Gasteiger partial charge < -0.3 is 5.32 Å². The van der Waals surface area contributed by atoms with Crippen LogP contribution in [0.15, 0.2) is 54.2 Å². The zero-order chi connectivity index (χ0) is 16.5. The molecule has 0 radical (unpaired) electrons. The molecule has 2 N–H and O–H groups in total. The molecule has 0 saturated heterocycles. The summed E-state index contributed by atoms with van der Waals surface area (Å²) in [5.74, 6) is -0.518. The number of pyridine rings is 2. The second-order valence-corrected chi connectivity index (χ2v) is 4.84. The molecule has 7 heteroatoms. The average Bonchev–Trinajstić information content (AvgIpc) is 2.59. The Morgan fingerprint density at radius 2 is 1.91 bits per heavy atom. The first kappa shape index (κ1) is 16.3. The molecule has 2 heterocycles. The minimum Gasteiger partial charge on any atom is -0.352 e. The topological polar surface area (TPSA) is 96.3 Å². The standard InChI is InChI=1S/C16H17N5O2/c1-12(20-21-16(23)14-4-7-17-8-5-14)9-15(22)19-11-13-3-2-6-18-10-13/h2-8,10H,9,11H2,1H3,(H,19,22)(H,21,23)/b20-12-. The Hall–Kier alpha value is -3.09. The van der Waals surface area contributed by atoms with Crippen LogP contribution < -0.4 is 10.7 Å². The maximum atomic E-state index is 11.8. The van der Waals surface area contributed by atoms with E-state index >= 15 is 0 Å². The van der Waals surface area contributed by atoms with Crippen LogP contribution in [-0.2, 0) is 11.3 Å². The maximum absolute atomic E-state index is 11.8. The summed E-state index contributed by atoms with van der Waals surface area (Å²) in [6, 6.07) is 6.85. The number of amides is 2. The first-order valence-corrected chi connectivity index (χ1v) is 7.04. The number of hydrogen-bond acceptors (Lipinski definition) is 5. The van der Waals surface area contributed by atoms with Crippen molar-refractivity contribution >= 4 is 17.5 Å². The molecule has 0 atom stereocenters. The molecule has 0 aliphatic carbocycles. The van der Waals surface area contributed by atoms with Crippen molar-refractivity contribution in [1.29, 1.82) is 0 Å². The van der Waals surface area contributed by atoms with Gasteiger partial charge in [0.15, 0.2) is 0 Å². The van der Waals surface area contributed by atoms with E-state index in [1.807, 2.05) is 12.1 Å². The van der Waals surface area contributed by atoms with Crippen molar-refractivity contribution in [3.8, 4) is 0 Å². The number of rotatable bonds is 6. The predicted molar refractivity (Wildman–Crippen MR) is 85.5 cm³/mol. The zero-order valence-electron chi connectivity index (χ0n) is 12.7. The molecule has 2 amide bonds. The molecule has 2 aromatic heterocycles. The Labute approximate surface area is 133 Å². The lowest BCUT2D eigenvalue weighted by atomic mass is 10.2. The van der Waals surface area contributed by atoms with E-state index < -0.39 is 0 Å². The van der Waals surface area contributed by atoms with E-state index in [-0.39, 0.29) is 18.2 Å². The highest BCUT2D eigenvalue weighted by Crippen LogP contribution is 1.97. The second-order valence-electron chi connectivity index (χ2n) is 4.84. The van der Waals surface area contributed by atoms with Crippen molar-refractivity contribution in [2.24, 2.45) is 5.10 Å². The van der Waals surface area contributed by atoms with Gasteiger partial charge in [-0.15, -0.1) is 0 Å². The van der Waals surface area contributed by atoms with Gasteiger partial charge in [-0.25, -0.2) is 5.43 Å². The highest BCUT2D eigenvalue weighted by atomic mass is 16.2. The Balaban J connectivity index is 1.78. The van der Waals surface area contributed by atoms with Gasteiger partial charge in [-0.05, 0) is 30.7 Å². The van der Waals surface area contributed by atoms with Crippen molar-refractivity contribution < 1.29 is 9.59 Å². The third-order valence-electron chi connectivity index (χ3n) is 2.92. The smallest absolute Gasteiger partial charge is 0.271 e. The number of carbonyl (C=O) groups is 2. The third-order valence-corrected chi connectivity index (χ3v) is 2.92. The molecule has 0 fully saturated rings. The number of hydrazone groups is 1. The summed E-state index contributed by atoms with van der Waals surface area (Å²) in [5.41, 5.74) is 4.29. The molecule has 0 aliphatic rings. The van der Waals surface area contributed by atoms with Crippen molar-refractivity contribution in [3.63, 3.8) is 0 Å². The van der Waals surface area contributed by atoms with E-state index in [9.17, 15) is 9.59 Å². The molecular weight excluding hydrogens is 294 g/mol. The lowest BCUT2D eigenvalue weighted by Crippen LogP contribution is -2.26. The summed E-state index contributed by atoms with van der Waals surface area (Å²) < 4.78 is 0. The summed E-state index contributed by atoms with van der Waals surface area (Å²) in [6.07, 6.45) is 6.52. The Morgan fingerprint density at radius 1 is 1.13 bits per heavy atom. The summed E-state index contributed by atoms with van der Waals surface area (Å²) in [7, 11) is 0. The SMILES string of the molecule is C/C(CC(=O)NCc1cccnc1)=N/NC(=O)c1ccncc1. The molecule has 0 saturated carbocycles. The largest absolute Gasteiger partial charge is 0.352 e. The highest BCUT2D eigenvalue weighted by molar-refractivity contribution is 6.01. The van der Waals surface area contributed by atoms with Crippen LogP contribution in [0.3, 0.4) is 0 Å². The van der Waals surface area contributed by atoms with Crippen molar-refractivity contribution in [2.75, 3.05) is 0 Å². The number of carbonyl (C=O) groups excluding carboxylic acids is 2. The summed E-state index contributed by atoms with van der Waals surface area (Å²) in [5, 5.41) is 6.69. The van der Waals surface area contributed by atoms with Crippen LogP contribution in [-0.4, -0.2) is 27.5 Å². The van der Waals surface area contributed by atoms with E-state index in [1.165, 1.54) is 12.4 Å². The molecule has 0 bridgehead atoms. The molecule has 2 rings (SSSR count). The van der Waals surface area contributed by atoms with Gasteiger partial charge in [0.1, 0.15) is 0 Å². The average molecular weight is 311 g/mol. The second kappa shape index (κ2) is 8.38. The number of nitrogens with zero attached hydrogens (tertiary/aromatic N) is 3. The maximum Gasteiger partial charge on any atom is 0.271 e. The summed E-state index contributed by atoms with van der Waals surface area (Å²) >= 11 is 0. The molecule has 23 heavy (non-hydrogen) atoms. The highest BCUT2D eigenvalue weighted by Gasteiger charge is 2.06. The van der Waals surface area contributed by atoms with E-state index in [4.69, 9.17) is 0 Å². The molecule has 118 valence electrons. The van der Waals surface area contributed by atoms with E-state index in [2.05, 4.69) is 25.8 Å². The number of aromatic nitrogens is 2. The van der Waals surface area contributed by atoms with E-state index in [1.54, 1.807) is 31.5 Å². The monoisotopic (exact) mass is 311 g/mol. The normalized spacial score (nSPS) is 10.9. The van der Waals surface area contributed by atoms with E-state index in [0.29, 0.717) is 17.8 Å². The molecule has 0 spiro atoms. The summed E-state index contributed by atoms with van der Waals surface area (Å²) in [6.45, 7) is 2.08. The van der Waals surface area contributed by atoms with Crippen LogP contribution in [0.1, 0.15) is 29.3 Å². The van der Waals surface area contributed by atoms with E-state index in [0.717, 1.165) is 5.56 Å².